The van der Waals surface area contributed by atoms with E-state index in [1.807, 2.05) is 0 Å². The zero-order chi connectivity index (χ0) is 11.7. The van der Waals surface area contributed by atoms with Gasteiger partial charge in [-0.05, 0) is 58.8 Å². The number of carbonyl (C=O) groups is 1. The minimum absolute atomic E-state index is 0.0381. The molecule has 0 heterocycles. The average Bonchev–Trinajstić information content (AvgIpc) is 2.33. The number of phenols is 1. The smallest absolute Gasteiger partial charge is 0.180 e. The van der Waals surface area contributed by atoms with Crippen molar-refractivity contribution >= 4 is 21.7 Å². The molecule has 3 N–H and O–H groups in total. The van der Waals surface area contributed by atoms with Crippen LogP contribution in [0, 0.1) is 0 Å². The van der Waals surface area contributed by atoms with Crippen molar-refractivity contribution in [2.45, 2.75) is 25.7 Å². The molecule has 0 bridgehead atoms. The molecule has 1 aromatic carbocycles. The molecule has 16 heavy (non-hydrogen) atoms. The molecule has 4 heteroatoms. The van der Waals surface area contributed by atoms with Crippen molar-refractivity contribution in [3.63, 3.8) is 0 Å². The summed E-state index contributed by atoms with van der Waals surface area (Å²) in [6.45, 7) is -0.0706. The number of aromatic hydroxyl groups is 1. The number of Topliss-reactive ketones (excluding diaryl/α,β-unsaturated/α-hetero) is 1. The van der Waals surface area contributed by atoms with E-state index in [1.165, 1.54) is 0 Å². The topological polar surface area (TPSA) is 63.3 Å². The van der Waals surface area contributed by atoms with Crippen LogP contribution >= 0.6 is 15.9 Å². The fourth-order valence-electron chi connectivity index (χ4n) is 2.16. The van der Waals surface area contributed by atoms with Crippen LogP contribution in [0.4, 0.5) is 0 Å². The zero-order valence-corrected chi connectivity index (χ0v) is 10.5. The Labute approximate surface area is 103 Å². The van der Waals surface area contributed by atoms with Crippen LogP contribution in [0.25, 0.3) is 0 Å². The molecule has 0 saturated carbocycles. The molecule has 1 aliphatic rings. The first-order valence-corrected chi connectivity index (χ1v) is 6.21. The molecule has 0 fully saturated rings. The molecule has 0 radical (unpaired) electrons. The maximum Gasteiger partial charge on any atom is 0.180 e. The van der Waals surface area contributed by atoms with Crippen molar-refractivity contribution in [1.29, 1.82) is 0 Å². The second-order valence-electron chi connectivity index (χ2n) is 4.06. The van der Waals surface area contributed by atoms with Gasteiger partial charge in [-0.25, -0.2) is 0 Å². The van der Waals surface area contributed by atoms with Crippen molar-refractivity contribution in [3.8, 4) is 5.75 Å². The predicted octanol–water partition coefficient (Wildman–Crippen LogP) is 2.17. The normalized spacial score (nSPS) is 14.6. The van der Waals surface area contributed by atoms with Gasteiger partial charge >= 0.3 is 0 Å². The van der Waals surface area contributed by atoms with Gasteiger partial charge in [0.05, 0.1) is 16.6 Å². The van der Waals surface area contributed by atoms with Gasteiger partial charge in [-0.2, -0.15) is 0 Å². The third-order valence-corrected chi connectivity index (χ3v) is 3.90. The van der Waals surface area contributed by atoms with Gasteiger partial charge in [0.1, 0.15) is 5.75 Å². The molecule has 1 aliphatic carbocycles. The van der Waals surface area contributed by atoms with E-state index in [1.54, 1.807) is 6.07 Å². The minimum atomic E-state index is -0.216. The number of halogens is 1. The van der Waals surface area contributed by atoms with Gasteiger partial charge < -0.3 is 10.8 Å². The van der Waals surface area contributed by atoms with Crippen LogP contribution in [0.3, 0.4) is 0 Å². The number of nitrogens with two attached hydrogens (primary N) is 1. The number of phenolic OH excluding ortho intramolecular Hbond substituents is 1. The Morgan fingerprint density at radius 2 is 2.12 bits per heavy atom. The van der Waals surface area contributed by atoms with E-state index >= 15 is 0 Å². The van der Waals surface area contributed by atoms with Gasteiger partial charge in [0.15, 0.2) is 5.78 Å². The number of hydrogen-bond acceptors (Lipinski definition) is 3. The summed E-state index contributed by atoms with van der Waals surface area (Å²) in [7, 11) is 0. The SMILES string of the molecule is NCC(=O)c1cc2c(c(Br)c1O)CCCC2. The van der Waals surface area contributed by atoms with Gasteiger partial charge in [0.2, 0.25) is 0 Å². The van der Waals surface area contributed by atoms with Crippen molar-refractivity contribution < 1.29 is 9.90 Å². The van der Waals surface area contributed by atoms with Gasteiger partial charge in [0.25, 0.3) is 0 Å². The summed E-state index contributed by atoms with van der Waals surface area (Å²) in [6, 6.07) is 1.80. The Kier molecular flexibility index (Phi) is 3.30. The number of rotatable bonds is 2. The number of aryl methyl sites for hydroxylation is 1. The Hall–Kier alpha value is -0.870. The van der Waals surface area contributed by atoms with Crippen LogP contribution in [0.15, 0.2) is 10.5 Å². The van der Waals surface area contributed by atoms with Crippen molar-refractivity contribution in [2.75, 3.05) is 6.54 Å². The fourth-order valence-corrected chi connectivity index (χ4v) is 2.83. The average molecular weight is 284 g/mol. The molecule has 0 unspecified atom stereocenters. The molecule has 0 aliphatic heterocycles. The third kappa shape index (κ3) is 1.87. The summed E-state index contributed by atoms with van der Waals surface area (Å²) in [4.78, 5) is 11.6. The van der Waals surface area contributed by atoms with Gasteiger partial charge in [0, 0.05) is 0 Å². The number of hydrogen-bond donors (Lipinski definition) is 2. The Balaban J connectivity index is 2.57. The van der Waals surface area contributed by atoms with E-state index in [0.29, 0.717) is 10.0 Å². The maximum atomic E-state index is 11.6. The predicted molar refractivity (Wildman–Crippen MR) is 65.8 cm³/mol. The van der Waals surface area contributed by atoms with Crippen LogP contribution in [0.1, 0.15) is 34.3 Å². The van der Waals surface area contributed by atoms with E-state index in [0.717, 1.165) is 36.8 Å². The summed E-state index contributed by atoms with van der Waals surface area (Å²) in [6.07, 6.45) is 4.20. The van der Waals surface area contributed by atoms with Crippen LogP contribution < -0.4 is 5.73 Å². The fraction of sp³-hybridized carbons (Fsp3) is 0.417. The standard InChI is InChI=1S/C12H14BrNO2/c13-11-8-4-2-1-3-7(8)5-9(12(11)16)10(15)6-14/h5,16H,1-4,6,14H2. The van der Waals surface area contributed by atoms with E-state index in [9.17, 15) is 9.90 Å². The molecule has 0 atom stereocenters. The second-order valence-corrected chi connectivity index (χ2v) is 4.85. The highest BCUT2D eigenvalue weighted by Gasteiger charge is 2.20. The van der Waals surface area contributed by atoms with Crippen molar-refractivity contribution in [3.05, 3.63) is 27.2 Å². The van der Waals surface area contributed by atoms with E-state index < -0.39 is 0 Å². The number of carbonyl (C=O) groups excluding carboxylic acids is 1. The highest BCUT2D eigenvalue weighted by molar-refractivity contribution is 9.10. The lowest BCUT2D eigenvalue weighted by atomic mass is 9.89. The molecule has 2 rings (SSSR count). The van der Waals surface area contributed by atoms with Gasteiger partial charge in [-0.15, -0.1) is 0 Å². The molecule has 0 amide bonds. The van der Waals surface area contributed by atoms with E-state index in [2.05, 4.69) is 15.9 Å². The molecule has 0 spiro atoms. The summed E-state index contributed by atoms with van der Waals surface area (Å²) in [5.74, 6) is -0.178. The number of benzene rings is 1. The molecule has 0 aromatic heterocycles. The van der Waals surface area contributed by atoms with Crippen LogP contribution in [-0.4, -0.2) is 17.4 Å². The van der Waals surface area contributed by atoms with Gasteiger partial charge in [-0.1, -0.05) is 0 Å². The molecular formula is C12H14BrNO2. The van der Waals surface area contributed by atoms with Gasteiger partial charge in [-0.3, -0.25) is 4.79 Å². The lowest BCUT2D eigenvalue weighted by Crippen LogP contribution is -2.15. The van der Waals surface area contributed by atoms with Crippen LogP contribution in [0.5, 0.6) is 5.75 Å². The molecule has 3 nitrogen and oxygen atoms in total. The summed E-state index contributed by atoms with van der Waals surface area (Å²) in [5.41, 5.74) is 7.96. The van der Waals surface area contributed by atoms with Crippen LogP contribution in [0.2, 0.25) is 0 Å². The quantitative estimate of drug-likeness (QED) is 0.818. The Bertz CT molecular complexity index is 443. The summed E-state index contributed by atoms with van der Waals surface area (Å²) >= 11 is 3.37. The first-order valence-electron chi connectivity index (χ1n) is 5.41. The zero-order valence-electron chi connectivity index (χ0n) is 8.92. The Morgan fingerprint density at radius 3 is 2.81 bits per heavy atom. The van der Waals surface area contributed by atoms with E-state index in [-0.39, 0.29) is 18.1 Å². The molecule has 0 saturated heterocycles. The Morgan fingerprint density at radius 1 is 1.44 bits per heavy atom. The molecular weight excluding hydrogens is 270 g/mol. The summed E-state index contributed by atoms with van der Waals surface area (Å²) in [5, 5.41) is 9.93. The highest BCUT2D eigenvalue weighted by Crippen LogP contribution is 2.37. The number of fused-ring (bicyclic) bond motifs is 1. The monoisotopic (exact) mass is 283 g/mol. The minimum Gasteiger partial charge on any atom is -0.506 e. The summed E-state index contributed by atoms with van der Waals surface area (Å²) < 4.78 is 0.668. The van der Waals surface area contributed by atoms with Crippen molar-refractivity contribution in [1.82, 2.24) is 0 Å². The van der Waals surface area contributed by atoms with E-state index in [4.69, 9.17) is 5.73 Å². The lowest BCUT2D eigenvalue weighted by molar-refractivity contribution is 0.0998. The first kappa shape index (κ1) is 11.6. The molecule has 86 valence electrons. The number of ketones is 1. The van der Waals surface area contributed by atoms with Crippen molar-refractivity contribution in [2.24, 2.45) is 5.73 Å². The largest absolute Gasteiger partial charge is 0.506 e. The molecule has 1 aromatic rings. The third-order valence-electron chi connectivity index (χ3n) is 3.04. The highest BCUT2D eigenvalue weighted by atomic mass is 79.9. The maximum absolute atomic E-state index is 11.6. The van der Waals surface area contributed by atoms with Crippen LogP contribution in [-0.2, 0) is 12.8 Å². The first-order chi connectivity index (χ1) is 7.65. The second kappa shape index (κ2) is 4.55. The lowest BCUT2D eigenvalue weighted by Gasteiger charge is -2.19.